The minimum atomic E-state index is -0.517. The van der Waals surface area contributed by atoms with Crippen molar-refractivity contribution in [2.24, 2.45) is 5.11 Å². The lowest BCUT2D eigenvalue weighted by molar-refractivity contribution is 0.158. The molecule has 1 aliphatic heterocycles. The summed E-state index contributed by atoms with van der Waals surface area (Å²) in [6.45, 7) is 10.6. The highest BCUT2D eigenvalue weighted by atomic mass is 16.5. The summed E-state index contributed by atoms with van der Waals surface area (Å²) in [5.41, 5.74) is 18.9. The number of anilines is 1. The van der Waals surface area contributed by atoms with Gasteiger partial charge in [0.2, 0.25) is 0 Å². The fourth-order valence-electron chi connectivity index (χ4n) is 5.70. The quantitative estimate of drug-likeness (QED) is 0.237. The summed E-state index contributed by atoms with van der Waals surface area (Å²) in [4.78, 5) is 18.5. The maximum atomic E-state index is 13.1. The number of carbonyl (C=O) groups is 1. The Morgan fingerprint density at radius 2 is 1.65 bits per heavy atom. The van der Waals surface area contributed by atoms with Gasteiger partial charge in [-0.15, -0.1) is 0 Å². The third-order valence-corrected chi connectivity index (χ3v) is 7.67. The van der Waals surface area contributed by atoms with Gasteiger partial charge in [0.1, 0.15) is 6.61 Å². The van der Waals surface area contributed by atoms with Crippen LogP contribution in [0.5, 0.6) is 0 Å². The van der Waals surface area contributed by atoms with Gasteiger partial charge in [0, 0.05) is 49.2 Å². The van der Waals surface area contributed by atoms with E-state index in [9.17, 15) is 10.3 Å². The molecule has 0 bridgehead atoms. The Morgan fingerprint density at radius 1 is 1.03 bits per heavy atom. The van der Waals surface area contributed by atoms with Gasteiger partial charge in [-0.3, -0.25) is 10.2 Å². The van der Waals surface area contributed by atoms with Crippen LogP contribution in [0.4, 0.5) is 16.2 Å². The summed E-state index contributed by atoms with van der Waals surface area (Å²) < 4.78 is 5.80. The Bertz CT molecular complexity index is 1340. The minimum absolute atomic E-state index is 0.0135. The first kappa shape index (κ1) is 24.8. The maximum absolute atomic E-state index is 13.1. The lowest BCUT2D eigenvalue weighted by Crippen LogP contribution is -2.43. The van der Waals surface area contributed by atoms with Gasteiger partial charge in [-0.2, -0.15) is 0 Å². The molecule has 0 spiro atoms. The third kappa shape index (κ3) is 4.79. The molecule has 3 aromatic carbocycles. The Balaban J connectivity index is 1.38. The molecule has 0 unspecified atom stereocenters. The minimum Gasteiger partial charge on any atom is -0.448 e. The summed E-state index contributed by atoms with van der Waals surface area (Å²) in [6.07, 6.45) is -0.517. The number of nitrogens with one attached hydrogen (secondary N) is 2. The van der Waals surface area contributed by atoms with Gasteiger partial charge < -0.3 is 10.1 Å². The largest absolute Gasteiger partial charge is 0.448 e. The number of nitrogens with zero attached hydrogens (tertiary/aromatic N) is 4. The van der Waals surface area contributed by atoms with Crippen molar-refractivity contribution in [1.82, 2.24) is 10.2 Å². The average Bonchev–Trinajstić information content (AvgIpc) is 3.24. The number of piperazine rings is 1. The van der Waals surface area contributed by atoms with Crippen molar-refractivity contribution < 1.29 is 9.53 Å². The Hall–Kier alpha value is -3.84. The second kappa shape index (κ2) is 10.6. The van der Waals surface area contributed by atoms with Crippen LogP contribution in [-0.4, -0.2) is 43.8 Å². The first-order chi connectivity index (χ1) is 18.0. The molecule has 1 amide bonds. The second-order valence-corrected chi connectivity index (χ2v) is 9.74. The smallest absolute Gasteiger partial charge is 0.411 e. The summed E-state index contributed by atoms with van der Waals surface area (Å²) in [6, 6.07) is 16.5. The van der Waals surface area contributed by atoms with Crippen molar-refractivity contribution in [2.45, 2.75) is 33.2 Å². The van der Waals surface area contributed by atoms with Crippen molar-refractivity contribution in [3.8, 4) is 11.1 Å². The van der Waals surface area contributed by atoms with E-state index in [2.05, 4.69) is 49.8 Å². The molecule has 0 atom stereocenters. The van der Waals surface area contributed by atoms with Gasteiger partial charge in [0.25, 0.3) is 0 Å². The van der Waals surface area contributed by atoms with Crippen LogP contribution in [0.15, 0.2) is 53.6 Å². The van der Waals surface area contributed by atoms with Gasteiger partial charge in [0.05, 0.1) is 5.69 Å². The predicted octanol–water partition coefficient (Wildman–Crippen LogP) is 6.32. The van der Waals surface area contributed by atoms with Crippen LogP contribution in [0.2, 0.25) is 0 Å². The van der Waals surface area contributed by atoms with Gasteiger partial charge in [-0.25, -0.2) is 4.79 Å². The summed E-state index contributed by atoms with van der Waals surface area (Å²) in [5.74, 6) is -0.0135. The Morgan fingerprint density at radius 3 is 2.27 bits per heavy atom. The number of hydrogen-bond acceptors (Lipinski definition) is 5. The monoisotopic (exact) mass is 496 g/mol. The summed E-state index contributed by atoms with van der Waals surface area (Å²) in [7, 11) is 0. The first-order valence-electron chi connectivity index (χ1n) is 12.7. The SMILES string of the molecule is Cc1c(CN2CCNCC2)c(C)c(NC(=O)OCC2c3ccccc3-c3ccccc32)c(C)c1N=[N+]=[N-]. The van der Waals surface area contributed by atoms with E-state index >= 15 is 0 Å². The van der Waals surface area contributed by atoms with Gasteiger partial charge in [-0.05, 0) is 70.8 Å². The van der Waals surface area contributed by atoms with E-state index in [1.54, 1.807) is 0 Å². The van der Waals surface area contributed by atoms with Crippen LogP contribution in [0, 0.1) is 20.8 Å². The molecule has 3 aromatic rings. The van der Waals surface area contributed by atoms with Crippen LogP contribution in [0.1, 0.15) is 39.3 Å². The molecule has 8 nitrogen and oxygen atoms in total. The zero-order valence-electron chi connectivity index (χ0n) is 21.5. The third-order valence-electron chi connectivity index (χ3n) is 7.67. The number of carbonyl (C=O) groups excluding carboxylic acids is 1. The molecular weight excluding hydrogens is 464 g/mol. The zero-order chi connectivity index (χ0) is 25.9. The van der Waals surface area contributed by atoms with E-state index in [4.69, 9.17) is 4.74 Å². The Kier molecular flexibility index (Phi) is 7.15. The maximum Gasteiger partial charge on any atom is 0.411 e. The molecular formula is C29H32N6O2. The van der Waals surface area contributed by atoms with E-state index in [-0.39, 0.29) is 12.5 Å². The summed E-state index contributed by atoms with van der Waals surface area (Å²) in [5, 5.41) is 10.3. The molecule has 0 aromatic heterocycles. The molecule has 0 saturated carbocycles. The molecule has 37 heavy (non-hydrogen) atoms. The lowest BCUT2D eigenvalue weighted by Gasteiger charge is -2.30. The predicted molar refractivity (Wildman–Crippen MR) is 146 cm³/mol. The average molecular weight is 497 g/mol. The molecule has 1 aliphatic carbocycles. The van der Waals surface area contributed by atoms with Crippen molar-refractivity contribution >= 4 is 17.5 Å². The van der Waals surface area contributed by atoms with Crippen molar-refractivity contribution in [2.75, 3.05) is 38.1 Å². The van der Waals surface area contributed by atoms with Crippen molar-refractivity contribution in [3.63, 3.8) is 0 Å². The summed E-state index contributed by atoms with van der Waals surface area (Å²) >= 11 is 0. The van der Waals surface area contributed by atoms with Crippen LogP contribution in [-0.2, 0) is 11.3 Å². The number of azide groups is 1. The number of benzene rings is 3. The van der Waals surface area contributed by atoms with Crippen molar-refractivity contribution in [3.05, 3.63) is 92.4 Å². The van der Waals surface area contributed by atoms with Crippen LogP contribution < -0.4 is 10.6 Å². The highest BCUT2D eigenvalue weighted by Gasteiger charge is 2.29. The van der Waals surface area contributed by atoms with Crippen LogP contribution >= 0.6 is 0 Å². The van der Waals surface area contributed by atoms with E-state index in [0.29, 0.717) is 11.4 Å². The number of amides is 1. The van der Waals surface area contributed by atoms with E-state index in [0.717, 1.165) is 55.0 Å². The van der Waals surface area contributed by atoms with E-state index < -0.39 is 6.09 Å². The topological polar surface area (TPSA) is 102 Å². The van der Waals surface area contributed by atoms with Gasteiger partial charge in [0.15, 0.2) is 0 Å². The van der Waals surface area contributed by atoms with Crippen LogP contribution in [0.25, 0.3) is 21.6 Å². The number of hydrogen-bond donors (Lipinski definition) is 2. The molecule has 1 heterocycles. The molecule has 190 valence electrons. The highest BCUT2D eigenvalue weighted by Crippen LogP contribution is 2.44. The molecule has 1 fully saturated rings. The molecule has 8 heteroatoms. The van der Waals surface area contributed by atoms with Gasteiger partial charge in [-0.1, -0.05) is 53.6 Å². The number of fused-ring (bicyclic) bond motifs is 3. The highest BCUT2D eigenvalue weighted by molar-refractivity contribution is 5.89. The van der Waals surface area contributed by atoms with E-state index in [1.807, 2.05) is 45.0 Å². The first-order valence-corrected chi connectivity index (χ1v) is 12.7. The van der Waals surface area contributed by atoms with E-state index in [1.165, 1.54) is 22.3 Å². The molecule has 2 N–H and O–H groups in total. The van der Waals surface area contributed by atoms with Crippen LogP contribution in [0.3, 0.4) is 0 Å². The fraction of sp³-hybridized carbons (Fsp3) is 0.345. The lowest BCUT2D eigenvalue weighted by atomic mass is 9.94. The molecule has 2 aliphatic rings. The van der Waals surface area contributed by atoms with Crippen molar-refractivity contribution in [1.29, 1.82) is 0 Å². The second-order valence-electron chi connectivity index (χ2n) is 9.74. The molecule has 1 saturated heterocycles. The molecule has 0 radical (unpaired) electrons. The molecule has 5 rings (SSSR count). The fourth-order valence-corrected chi connectivity index (χ4v) is 5.70. The number of ether oxygens (including phenoxy) is 1. The van der Waals surface area contributed by atoms with Gasteiger partial charge >= 0.3 is 6.09 Å². The number of rotatable bonds is 6. The zero-order valence-corrected chi connectivity index (χ0v) is 21.5. The normalized spacial score (nSPS) is 15.0. The Labute approximate surface area is 217 Å². The standard InChI is InChI=1S/C29H32N6O2/c1-18-25(16-35-14-12-31-13-15-35)19(2)28(33-34-30)20(3)27(18)32-29(36)37-17-26-23-10-6-4-8-21(23)22-9-5-7-11-24(22)26/h4-11,26,31H,12-17H2,1-3H3,(H,32,36).